The maximum absolute atomic E-state index is 2.38. The lowest BCUT2D eigenvalue weighted by molar-refractivity contribution is 1.18. The van der Waals surface area contributed by atoms with E-state index in [1.807, 2.05) is 11.3 Å². The van der Waals surface area contributed by atoms with Gasteiger partial charge in [-0.15, -0.1) is 11.3 Å². The van der Waals surface area contributed by atoms with Gasteiger partial charge in [0.25, 0.3) is 0 Å². The van der Waals surface area contributed by atoms with Crippen LogP contribution in [0.3, 0.4) is 0 Å². The highest BCUT2D eigenvalue weighted by Gasteiger charge is 2.14. The number of rotatable bonds is 4. The standard InChI is InChI=1S/C42H27NS/c1-3-10-28(11-4-1)29-12-9-13-30(24-29)32-19-22-41-37(26-32)38-27-33(20-23-42(38)44-41)31-18-21-40-36(25-31)35-16-7-8-17-39(35)43(40)34-14-5-2-6-15-34/h1-27H. The largest absolute Gasteiger partial charge is 0.309 e. The van der Waals surface area contributed by atoms with Gasteiger partial charge >= 0.3 is 0 Å². The van der Waals surface area contributed by atoms with E-state index in [0.29, 0.717) is 0 Å². The van der Waals surface area contributed by atoms with E-state index < -0.39 is 0 Å². The molecule has 0 aliphatic heterocycles. The molecule has 0 radical (unpaired) electrons. The van der Waals surface area contributed by atoms with E-state index >= 15 is 0 Å². The van der Waals surface area contributed by atoms with E-state index in [1.165, 1.54) is 81.0 Å². The molecule has 0 bridgehead atoms. The average Bonchev–Trinajstić information content (AvgIpc) is 3.63. The first-order valence-corrected chi connectivity index (χ1v) is 15.8. The molecule has 0 saturated heterocycles. The van der Waals surface area contributed by atoms with Crippen molar-refractivity contribution >= 4 is 53.3 Å². The fourth-order valence-corrected chi connectivity index (χ4v) is 7.72. The molecule has 9 rings (SSSR count). The fraction of sp³-hybridized carbons (Fsp3) is 0. The molecule has 0 unspecified atom stereocenters. The first-order chi connectivity index (χ1) is 21.8. The number of hydrogen-bond donors (Lipinski definition) is 0. The number of aromatic nitrogens is 1. The smallest absolute Gasteiger partial charge is 0.0541 e. The summed E-state index contributed by atoms with van der Waals surface area (Å²) in [6.07, 6.45) is 0. The third-order valence-corrected chi connectivity index (χ3v) is 9.94. The number of thiophene rings is 1. The molecule has 0 saturated carbocycles. The highest BCUT2D eigenvalue weighted by atomic mass is 32.1. The van der Waals surface area contributed by atoms with E-state index in [0.717, 1.165) is 0 Å². The summed E-state index contributed by atoms with van der Waals surface area (Å²) in [6, 6.07) is 59.7. The van der Waals surface area contributed by atoms with Crippen molar-refractivity contribution in [3.05, 3.63) is 164 Å². The summed E-state index contributed by atoms with van der Waals surface area (Å²) in [5, 5.41) is 5.18. The Kier molecular flexibility index (Phi) is 5.75. The molecule has 2 heterocycles. The maximum Gasteiger partial charge on any atom is 0.0541 e. The first-order valence-electron chi connectivity index (χ1n) is 15.0. The Balaban J connectivity index is 1.17. The second kappa shape index (κ2) is 10.1. The van der Waals surface area contributed by atoms with Crippen LogP contribution in [0.25, 0.3) is 81.0 Å². The molecule has 0 fully saturated rings. The van der Waals surface area contributed by atoms with Gasteiger partial charge in [-0.1, -0.05) is 103 Å². The summed E-state index contributed by atoms with van der Waals surface area (Å²) in [6.45, 7) is 0. The van der Waals surface area contributed by atoms with Gasteiger partial charge in [-0.05, 0) is 94.0 Å². The van der Waals surface area contributed by atoms with Crippen molar-refractivity contribution in [1.82, 2.24) is 4.57 Å². The SMILES string of the molecule is c1ccc(-c2cccc(-c3ccc4sc5ccc(-c6ccc7c(c6)c6ccccc6n7-c6ccccc6)cc5c4c3)c2)cc1. The Morgan fingerprint density at radius 3 is 1.52 bits per heavy atom. The Hall–Kier alpha value is -5.44. The number of para-hydroxylation sites is 2. The number of fused-ring (bicyclic) bond motifs is 6. The zero-order valence-corrected chi connectivity index (χ0v) is 24.8. The quantitative estimate of drug-likeness (QED) is 0.196. The number of benzene rings is 7. The van der Waals surface area contributed by atoms with E-state index in [-0.39, 0.29) is 0 Å². The molecule has 0 spiro atoms. The van der Waals surface area contributed by atoms with Gasteiger partial charge in [0.05, 0.1) is 11.0 Å². The number of nitrogens with zero attached hydrogens (tertiary/aromatic N) is 1. The molecule has 0 atom stereocenters. The molecule has 9 aromatic rings. The molecular formula is C42H27NS. The molecule has 7 aromatic carbocycles. The summed E-state index contributed by atoms with van der Waals surface area (Å²) in [4.78, 5) is 0. The van der Waals surface area contributed by atoms with Crippen LogP contribution >= 0.6 is 11.3 Å². The summed E-state index contributed by atoms with van der Waals surface area (Å²) in [5.41, 5.74) is 11.1. The third-order valence-electron chi connectivity index (χ3n) is 8.79. The highest BCUT2D eigenvalue weighted by molar-refractivity contribution is 7.25. The molecule has 2 heteroatoms. The molecule has 2 aromatic heterocycles. The van der Waals surface area contributed by atoms with Crippen molar-refractivity contribution in [3.8, 4) is 39.1 Å². The van der Waals surface area contributed by atoms with Gasteiger partial charge in [0, 0.05) is 36.6 Å². The summed E-state index contributed by atoms with van der Waals surface area (Å²) in [5.74, 6) is 0. The van der Waals surface area contributed by atoms with Gasteiger partial charge < -0.3 is 4.57 Å². The summed E-state index contributed by atoms with van der Waals surface area (Å²) >= 11 is 1.87. The van der Waals surface area contributed by atoms with Crippen LogP contribution < -0.4 is 0 Å². The molecule has 0 amide bonds. The molecule has 0 N–H and O–H groups in total. The Morgan fingerprint density at radius 2 is 0.818 bits per heavy atom. The van der Waals surface area contributed by atoms with Crippen LogP contribution in [0.2, 0.25) is 0 Å². The minimum atomic E-state index is 1.18. The van der Waals surface area contributed by atoms with Gasteiger partial charge in [-0.25, -0.2) is 0 Å². The van der Waals surface area contributed by atoms with Crippen molar-refractivity contribution < 1.29 is 0 Å². The second-order valence-corrected chi connectivity index (χ2v) is 12.5. The molecule has 206 valence electrons. The molecule has 0 aliphatic rings. The topological polar surface area (TPSA) is 4.93 Å². The van der Waals surface area contributed by atoms with E-state index in [9.17, 15) is 0 Å². The van der Waals surface area contributed by atoms with Gasteiger partial charge in [-0.3, -0.25) is 0 Å². The van der Waals surface area contributed by atoms with Crippen LogP contribution in [0.15, 0.2) is 164 Å². The van der Waals surface area contributed by atoms with Crippen LogP contribution in [-0.2, 0) is 0 Å². The van der Waals surface area contributed by atoms with Crippen molar-refractivity contribution in [2.24, 2.45) is 0 Å². The van der Waals surface area contributed by atoms with E-state index in [2.05, 4.69) is 168 Å². The van der Waals surface area contributed by atoms with Crippen LogP contribution in [0.4, 0.5) is 0 Å². The van der Waals surface area contributed by atoms with E-state index in [4.69, 9.17) is 0 Å². The lowest BCUT2D eigenvalue weighted by Crippen LogP contribution is -1.92. The minimum absolute atomic E-state index is 1.18. The average molecular weight is 578 g/mol. The number of hydrogen-bond acceptors (Lipinski definition) is 1. The highest BCUT2D eigenvalue weighted by Crippen LogP contribution is 2.40. The fourth-order valence-electron chi connectivity index (χ4n) is 6.65. The summed E-state index contributed by atoms with van der Waals surface area (Å²) < 4.78 is 5.01. The van der Waals surface area contributed by atoms with Crippen molar-refractivity contribution in [1.29, 1.82) is 0 Å². The molecule has 0 aliphatic carbocycles. The first kappa shape index (κ1) is 25.1. The monoisotopic (exact) mass is 577 g/mol. The lowest BCUT2D eigenvalue weighted by Gasteiger charge is -2.08. The molecule has 44 heavy (non-hydrogen) atoms. The van der Waals surface area contributed by atoms with Crippen LogP contribution in [0.5, 0.6) is 0 Å². The van der Waals surface area contributed by atoms with Gasteiger partial charge in [-0.2, -0.15) is 0 Å². The minimum Gasteiger partial charge on any atom is -0.309 e. The molecule has 1 nitrogen and oxygen atoms in total. The Morgan fingerprint density at radius 1 is 0.318 bits per heavy atom. The van der Waals surface area contributed by atoms with Crippen molar-refractivity contribution in [2.45, 2.75) is 0 Å². The predicted octanol–water partition coefficient (Wildman–Crippen LogP) is 12.2. The van der Waals surface area contributed by atoms with Gasteiger partial charge in [0.2, 0.25) is 0 Å². The zero-order chi connectivity index (χ0) is 29.0. The predicted molar refractivity (Wildman–Crippen MR) is 190 cm³/mol. The van der Waals surface area contributed by atoms with Crippen LogP contribution in [0.1, 0.15) is 0 Å². The summed E-state index contributed by atoms with van der Waals surface area (Å²) in [7, 11) is 0. The van der Waals surface area contributed by atoms with Crippen LogP contribution in [0, 0.1) is 0 Å². The molecular weight excluding hydrogens is 551 g/mol. The maximum atomic E-state index is 2.38. The van der Waals surface area contributed by atoms with Crippen molar-refractivity contribution in [2.75, 3.05) is 0 Å². The second-order valence-electron chi connectivity index (χ2n) is 11.4. The van der Waals surface area contributed by atoms with Gasteiger partial charge in [0.1, 0.15) is 0 Å². The van der Waals surface area contributed by atoms with E-state index in [1.54, 1.807) is 0 Å². The third kappa shape index (κ3) is 4.07. The van der Waals surface area contributed by atoms with Crippen molar-refractivity contribution in [3.63, 3.8) is 0 Å². The van der Waals surface area contributed by atoms with Gasteiger partial charge in [0.15, 0.2) is 0 Å². The Bertz CT molecular complexity index is 2480. The normalized spacial score (nSPS) is 11.6. The lowest BCUT2D eigenvalue weighted by atomic mass is 9.97. The van der Waals surface area contributed by atoms with Crippen LogP contribution in [-0.4, -0.2) is 4.57 Å². The Labute approximate surface area is 259 Å². The zero-order valence-electron chi connectivity index (χ0n) is 23.9.